The summed E-state index contributed by atoms with van der Waals surface area (Å²) >= 11 is 6.14. The Hall–Kier alpha value is -2.38. The number of hydrogen-bond donors (Lipinski definition) is 0. The third-order valence-electron chi connectivity index (χ3n) is 5.82. The molecule has 1 heterocycles. The molecule has 2 aromatic rings. The first-order valence-corrected chi connectivity index (χ1v) is 9.65. The predicted octanol–water partition coefficient (Wildman–Crippen LogP) is 6.09. The highest BCUT2D eigenvalue weighted by atomic mass is 35.5. The van der Waals surface area contributed by atoms with Crippen LogP contribution < -0.4 is 0 Å². The Labute approximate surface area is 159 Å². The van der Waals surface area contributed by atoms with Crippen LogP contribution in [0.4, 0.5) is 0 Å². The van der Waals surface area contributed by atoms with Crippen LogP contribution in [0.25, 0.3) is 5.57 Å². The molecular weight excluding hydrogens is 338 g/mol. The highest BCUT2D eigenvalue weighted by molar-refractivity contribution is 6.30. The molecule has 3 aliphatic rings. The van der Waals surface area contributed by atoms with Gasteiger partial charge in [0.2, 0.25) is 0 Å². The van der Waals surface area contributed by atoms with Crippen molar-refractivity contribution < 1.29 is 0 Å². The van der Waals surface area contributed by atoms with E-state index in [9.17, 15) is 0 Å². The van der Waals surface area contributed by atoms with Crippen molar-refractivity contribution >= 4 is 22.9 Å². The van der Waals surface area contributed by atoms with Crippen LogP contribution in [0.2, 0.25) is 5.02 Å². The van der Waals surface area contributed by atoms with E-state index in [1.165, 1.54) is 28.0 Å². The van der Waals surface area contributed by atoms with Crippen LogP contribution >= 0.6 is 11.6 Å². The van der Waals surface area contributed by atoms with Gasteiger partial charge in [-0.1, -0.05) is 78.4 Å². The molecule has 1 nitrogen and oxygen atoms in total. The molecule has 5 rings (SSSR count). The van der Waals surface area contributed by atoms with Crippen molar-refractivity contribution in [2.24, 2.45) is 16.8 Å². The van der Waals surface area contributed by atoms with Crippen LogP contribution in [-0.4, -0.2) is 12.3 Å². The fraction of sp³-hybridized carbons (Fsp3) is 0.208. The number of nitrogens with zero attached hydrogens (tertiary/aromatic N) is 1. The lowest BCUT2D eigenvalue weighted by atomic mass is 9.63. The van der Waals surface area contributed by atoms with Gasteiger partial charge in [-0.3, -0.25) is 4.99 Å². The summed E-state index contributed by atoms with van der Waals surface area (Å²) in [5.74, 6) is 1.28. The number of benzene rings is 2. The van der Waals surface area contributed by atoms with Crippen molar-refractivity contribution in [1.82, 2.24) is 0 Å². The van der Waals surface area contributed by atoms with Gasteiger partial charge in [0.15, 0.2) is 0 Å². The van der Waals surface area contributed by atoms with Gasteiger partial charge >= 0.3 is 0 Å². The van der Waals surface area contributed by atoms with Crippen molar-refractivity contribution in [3.63, 3.8) is 0 Å². The molecule has 0 fully saturated rings. The topological polar surface area (TPSA) is 12.4 Å². The number of hydrogen-bond acceptors (Lipinski definition) is 1. The second-order valence-corrected chi connectivity index (χ2v) is 7.64. The molecule has 0 amide bonds. The molecule has 0 bridgehead atoms. The molecule has 0 saturated heterocycles. The third-order valence-corrected chi connectivity index (χ3v) is 6.07. The standard InChI is InChI=1S/C24H20ClN/c25-18-12-10-17(11-13-18)22-19-8-4-5-9-20(19)23(16-6-2-1-3-7-16)24-21(22)14-15-26-24/h1-13,19,21-22H,14-15H2. The van der Waals surface area contributed by atoms with Crippen molar-refractivity contribution in [3.8, 4) is 0 Å². The van der Waals surface area contributed by atoms with Crippen molar-refractivity contribution in [3.05, 3.63) is 101 Å². The lowest BCUT2D eigenvalue weighted by Crippen LogP contribution is -2.33. The van der Waals surface area contributed by atoms with E-state index in [1.54, 1.807) is 0 Å². The highest BCUT2D eigenvalue weighted by Crippen LogP contribution is 2.51. The number of rotatable bonds is 2. The zero-order valence-corrected chi connectivity index (χ0v) is 15.2. The molecule has 0 N–H and O–H groups in total. The number of aliphatic imine (C=N–C) groups is 1. The normalized spacial score (nSPS) is 26.5. The van der Waals surface area contributed by atoms with Crippen molar-refractivity contribution in [2.75, 3.05) is 6.54 Å². The summed E-state index contributed by atoms with van der Waals surface area (Å²) in [5.41, 5.74) is 6.69. The maximum atomic E-state index is 6.14. The van der Waals surface area contributed by atoms with E-state index in [4.69, 9.17) is 16.6 Å². The lowest BCUT2D eigenvalue weighted by Gasteiger charge is -2.39. The zero-order valence-electron chi connectivity index (χ0n) is 14.5. The Morgan fingerprint density at radius 1 is 0.923 bits per heavy atom. The minimum atomic E-state index is 0.387. The Kier molecular flexibility index (Phi) is 3.90. The Bertz CT molecular complexity index is 947. The van der Waals surface area contributed by atoms with Crippen LogP contribution in [0.1, 0.15) is 23.5 Å². The van der Waals surface area contributed by atoms with Crippen LogP contribution in [0.3, 0.4) is 0 Å². The van der Waals surface area contributed by atoms with Crippen LogP contribution in [0.5, 0.6) is 0 Å². The second kappa shape index (κ2) is 6.41. The van der Waals surface area contributed by atoms with Gasteiger partial charge in [0.25, 0.3) is 0 Å². The van der Waals surface area contributed by atoms with Gasteiger partial charge in [-0.2, -0.15) is 0 Å². The molecule has 26 heavy (non-hydrogen) atoms. The largest absolute Gasteiger partial charge is 0.289 e. The van der Waals surface area contributed by atoms with Gasteiger partial charge in [0.05, 0.1) is 0 Å². The Morgan fingerprint density at radius 3 is 2.54 bits per heavy atom. The summed E-state index contributed by atoms with van der Waals surface area (Å²) in [5, 5.41) is 0.796. The molecule has 0 spiro atoms. The molecule has 128 valence electrons. The van der Waals surface area contributed by atoms with E-state index in [1.807, 2.05) is 12.1 Å². The van der Waals surface area contributed by atoms with Crippen LogP contribution in [0.15, 0.2) is 89.5 Å². The van der Waals surface area contributed by atoms with Crippen LogP contribution in [-0.2, 0) is 0 Å². The van der Waals surface area contributed by atoms with Crippen molar-refractivity contribution in [2.45, 2.75) is 12.3 Å². The van der Waals surface area contributed by atoms with E-state index in [-0.39, 0.29) is 0 Å². The molecule has 2 aliphatic carbocycles. The van der Waals surface area contributed by atoms with Gasteiger partial charge in [-0.15, -0.1) is 0 Å². The number of halogens is 1. The molecule has 1 aliphatic heterocycles. The molecule has 3 atom stereocenters. The van der Waals surface area contributed by atoms with Gasteiger partial charge < -0.3 is 0 Å². The summed E-state index contributed by atoms with van der Waals surface area (Å²) in [6.07, 6.45) is 10.1. The van der Waals surface area contributed by atoms with E-state index in [0.717, 1.165) is 18.0 Å². The first-order chi connectivity index (χ1) is 12.8. The van der Waals surface area contributed by atoms with Crippen LogP contribution in [0, 0.1) is 11.8 Å². The monoisotopic (exact) mass is 357 g/mol. The number of fused-ring (bicyclic) bond motifs is 2. The van der Waals surface area contributed by atoms with Gasteiger partial charge in [0.1, 0.15) is 0 Å². The smallest absolute Gasteiger partial charge is 0.0467 e. The first-order valence-electron chi connectivity index (χ1n) is 9.27. The average Bonchev–Trinajstić information content (AvgIpc) is 3.16. The van der Waals surface area contributed by atoms with E-state index < -0.39 is 0 Å². The molecule has 2 aromatic carbocycles. The van der Waals surface area contributed by atoms with Gasteiger partial charge in [0, 0.05) is 40.6 Å². The fourth-order valence-electron chi connectivity index (χ4n) is 4.76. The van der Waals surface area contributed by atoms with E-state index in [2.05, 4.69) is 66.8 Å². The zero-order chi connectivity index (χ0) is 17.5. The van der Waals surface area contributed by atoms with Gasteiger partial charge in [-0.05, 0) is 35.3 Å². The Morgan fingerprint density at radius 2 is 1.73 bits per heavy atom. The minimum absolute atomic E-state index is 0.387. The first kappa shape index (κ1) is 15.8. The number of allylic oxidation sites excluding steroid dienone is 6. The molecule has 0 radical (unpaired) electrons. The van der Waals surface area contributed by atoms with E-state index >= 15 is 0 Å². The maximum absolute atomic E-state index is 6.14. The molecule has 0 aromatic heterocycles. The SMILES string of the molecule is Clc1ccc(C2C3C=CC=CC3=C(c3ccccc3)C3=NCCC32)cc1. The average molecular weight is 358 g/mol. The fourth-order valence-corrected chi connectivity index (χ4v) is 4.88. The lowest BCUT2D eigenvalue weighted by molar-refractivity contribution is 0.456. The minimum Gasteiger partial charge on any atom is -0.289 e. The van der Waals surface area contributed by atoms with E-state index in [0.29, 0.717) is 17.8 Å². The summed E-state index contributed by atoms with van der Waals surface area (Å²) in [6.45, 7) is 0.924. The maximum Gasteiger partial charge on any atom is 0.0467 e. The summed E-state index contributed by atoms with van der Waals surface area (Å²) in [4.78, 5) is 4.97. The Balaban J connectivity index is 1.71. The predicted molar refractivity (Wildman–Crippen MR) is 110 cm³/mol. The highest BCUT2D eigenvalue weighted by Gasteiger charge is 2.43. The second-order valence-electron chi connectivity index (χ2n) is 7.21. The summed E-state index contributed by atoms with van der Waals surface area (Å²) in [6, 6.07) is 19.2. The molecule has 0 saturated carbocycles. The molecule has 3 unspecified atom stereocenters. The quantitative estimate of drug-likeness (QED) is 0.616. The molecular formula is C24H20ClN. The van der Waals surface area contributed by atoms with Gasteiger partial charge in [-0.25, -0.2) is 0 Å². The van der Waals surface area contributed by atoms with Crippen molar-refractivity contribution in [1.29, 1.82) is 0 Å². The summed E-state index contributed by atoms with van der Waals surface area (Å²) in [7, 11) is 0. The molecule has 2 heteroatoms. The summed E-state index contributed by atoms with van der Waals surface area (Å²) < 4.78 is 0. The third kappa shape index (κ3) is 2.50.